The van der Waals surface area contributed by atoms with Crippen LogP contribution in [-0.4, -0.2) is 4.98 Å². The minimum Gasteiger partial charge on any atom is -0.306 e. The van der Waals surface area contributed by atoms with E-state index >= 15 is 0 Å². The third-order valence-electron chi connectivity index (χ3n) is 3.20. The second-order valence-electron chi connectivity index (χ2n) is 4.83. The molecule has 0 atom stereocenters. The number of nitrogens with zero attached hydrogens (tertiary/aromatic N) is 1. The zero-order chi connectivity index (χ0) is 15.4. The van der Waals surface area contributed by atoms with E-state index in [4.69, 9.17) is 23.2 Å². The summed E-state index contributed by atoms with van der Waals surface area (Å²) < 4.78 is 0. The van der Waals surface area contributed by atoms with E-state index in [1.165, 1.54) is 5.56 Å². The maximum absolute atomic E-state index is 6.24. The number of hydrogen-bond donors (Lipinski definition) is 1. The molecule has 0 unspecified atom stereocenters. The van der Waals surface area contributed by atoms with Gasteiger partial charge < -0.3 is 5.32 Å². The molecule has 0 bridgehead atoms. The van der Waals surface area contributed by atoms with Gasteiger partial charge in [-0.3, -0.25) is 0 Å². The van der Waals surface area contributed by atoms with Gasteiger partial charge in [0.1, 0.15) is 5.01 Å². The van der Waals surface area contributed by atoms with Gasteiger partial charge in [0.2, 0.25) is 0 Å². The van der Waals surface area contributed by atoms with Crippen molar-refractivity contribution in [3.8, 4) is 10.4 Å². The van der Waals surface area contributed by atoms with Crippen LogP contribution in [0.1, 0.15) is 10.6 Å². The summed E-state index contributed by atoms with van der Waals surface area (Å²) in [6.45, 7) is 1.57. The molecule has 0 spiro atoms. The van der Waals surface area contributed by atoms with E-state index < -0.39 is 0 Å². The number of rotatable bonds is 5. The van der Waals surface area contributed by atoms with Crippen molar-refractivity contribution in [3.63, 3.8) is 0 Å². The maximum Gasteiger partial charge on any atom is 0.107 e. The Morgan fingerprint density at radius 1 is 1.00 bits per heavy atom. The predicted molar refractivity (Wildman–Crippen MR) is 94.6 cm³/mol. The SMILES string of the molecule is Clc1ccc(-c2cnc(CNCc3ccccc3)s2)c(Cl)c1. The molecule has 3 aromatic rings. The number of hydrogen-bond acceptors (Lipinski definition) is 3. The molecule has 1 heterocycles. The van der Waals surface area contributed by atoms with Crippen molar-refractivity contribution < 1.29 is 0 Å². The molecule has 0 radical (unpaired) electrons. The zero-order valence-corrected chi connectivity index (χ0v) is 14.1. The molecule has 22 heavy (non-hydrogen) atoms. The van der Waals surface area contributed by atoms with Gasteiger partial charge in [-0.2, -0.15) is 0 Å². The summed E-state index contributed by atoms with van der Waals surface area (Å²) in [4.78, 5) is 5.51. The van der Waals surface area contributed by atoms with Crippen LogP contribution in [0.3, 0.4) is 0 Å². The van der Waals surface area contributed by atoms with Gasteiger partial charge in [0.05, 0.1) is 9.90 Å². The van der Waals surface area contributed by atoms with Gasteiger partial charge in [0.15, 0.2) is 0 Å². The molecule has 1 N–H and O–H groups in total. The molecule has 0 saturated heterocycles. The Bertz CT molecular complexity index is 756. The van der Waals surface area contributed by atoms with Gasteiger partial charge >= 0.3 is 0 Å². The lowest BCUT2D eigenvalue weighted by Crippen LogP contribution is -2.12. The molecule has 112 valence electrons. The molecule has 1 aromatic heterocycles. The van der Waals surface area contributed by atoms with Crippen molar-refractivity contribution in [2.75, 3.05) is 0 Å². The maximum atomic E-state index is 6.24. The van der Waals surface area contributed by atoms with Crippen molar-refractivity contribution in [2.24, 2.45) is 0 Å². The summed E-state index contributed by atoms with van der Waals surface area (Å²) in [6.07, 6.45) is 1.86. The first kappa shape index (κ1) is 15.5. The summed E-state index contributed by atoms with van der Waals surface area (Å²) >= 11 is 13.8. The smallest absolute Gasteiger partial charge is 0.107 e. The van der Waals surface area contributed by atoms with Gasteiger partial charge in [0, 0.05) is 29.9 Å². The van der Waals surface area contributed by atoms with Crippen LogP contribution in [0.2, 0.25) is 10.0 Å². The Hall–Kier alpha value is -1.39. The molecule has 0 amide bonds. The molecule has 0 aliphatic rings. The fourth-order valence-corrected chi connectivity index (χ4v) is 3.61. The first-order valence-electron chi connectivity index (χ1n) is 6.87. The molecular weight excluding hydrogens is 335 g/mol. The van der Waals surface area contributed by atoms with E-state index in [9.17, 15) is 0 Å². The largest absolute Gasteiger partial charge is 0.306 e. The summed E-state index contributed by atoms with van der Waals surface area (Å²) in [7, 11) is 0. The van der Waals surface area contributed by atoms with E-state index in [0.29, 0.717) is 10.0 Å². The van der Waals surface area contributed by atoms with Crippen LogP contribution in [0.5, 0.6) is 0 Å². The minimum atomic E-state index is 0.642. The highest BCUT2D eigenvalue weighted by Crippen LogP contribution is 2.33. The van der Waals surface area contributed by atoms with Crippen molar-refractivity contribution in [1.82, 2.24) is 10.3 Å². The second kappa shape index (κ2) is 7.25. The minimum absolute atomic E-state index is 0.642. The summed E-state index contributed by atoms with van der Waals surface area (Å²) in [5, 5.41) is 5.73. The molecule has 3 rings (SSSR count). The van der Waals surface area contributed by atoms with E-state index in [1.54, 1.807) is 17.4 Å². The van der Waals surface area contributed by atoms with E-state index in [2.05, 4.69) is 22.4 Å². The number of benzene rings is 2. The topological polar surface area (TPSA) is 24.9 Å². The van der Waals surface area contributed by atoms with Crippen LogP contribution in [0.15, 0.2) is 54.7 Å². The Labute approximate surface area is 143 Å². The molecule has 0 aliphatic carbocycles. The first-order chi connectivity index (χ1) is 10.7. The molecule has 0 saturated carbocycles. The van der Waals surface area contributed by atoms with Crippen LogP contribution in [0.25, 0.3) is 10.4 Å². The molecule has 2 nitrogen and oxygen atoms in total. The normalized spacial score (nSPS) is 10.8. The monoisotopic (exact) mass is 348 g/mol. The van der Waals surface area contributed by atoms with Gasteiger partial charge in [0.25, 0.3) is 0 Å². The summed E-state index contributed by atoms with van der Waals surface area (Å²) in [5.74, 6) is 0. The van der Waals surface area contributed by atoms with E-state index in [0.717, 1.165) is 28.5 Å². The number of thiazole rings is 1. The Balaban J connectivity index is 1.64. The van der Waals surface area contributed by atoms with Gasteiger partial charge in [-0.1, -0.05) is 59.6 Å². The highest BCUT2D eigenvalue weighted by molar-refractivity contribution is 7.15. The predicted octanol–water partition coefficient (Wildman–Crippen LogP) is 5.41. The van der Waals surface area contributed by atoms with Crippen LogP contribution in [0.4, 0.5) is 0 Å². The molecule has 0 fully saturated rings. The average Bonchev–Trinajstić information content (AvgIpc) is 2.97. The van der Waals surface area contributed by atoms with Crippen LogP contribution < -0.4 is 5.32 Å². The third-order valence-corrected chi connectivity index (χ3v) is 4.78. The van der Waals surface area contributed by atoms with Crippen LogP contribution in [0, 0.1) is 0 Å². The van der Waals surface area contributed by atoms with E-state index in [-0.39, 0.29) is 0 Å². The summed E-state index contributed by atoms with van der Waals surface area (Å²) in [5.41, 5.74) is 2.23. The zero-order valence-electron chi connectivity index (χ0n) is 11.7. The van der Waals surface area contributed by atoms with Gasteiger partial charge in [-0.05, 0) is 17.7 Å². The quantitative estimate of drug-likeness (QED) is 0.666. The molecule has 5 heteroatoms. The number of nitrogens with one attached hydrogen (secondary N) is 1. The van der Waals surface area contributed by atoms with Gasteiger partial charge in [-0.25, -0.2) is 4.98 Å². The van der Waals surface area contributed by atoms with Crippen molar-refractivity contribution in [3.05, 3.63) is 75.3 Å². The lowest BCUT2D eigenvalue weighted by molar-refractivity contribution is 0.690. The highest BCUT2D eigenvalue weighted by Gasteiger charge is 2.08. The highest BCUT2D eigenvalue weighted by atomic mass is 35.5. The lowest BCUT2D eigenvalue weighted by Gasteiger charge is -2.02. The second-order valence-corrected chi connectivity index (χ2v) is 6.79. The number of aromatic nitrogens is 1. The molecular formula is C17H14Cl2N2S. The standard InChI is InChI=1S/C17H14Cl2N2S/c18-13-6-7-14(15(19)8-13)16-10-21-17(22-16)11-20-9-12-4-2-1-3-5-12/h1-8,10,20H,9,11H2. The van der Waals surface area contributed by atoms with E-state index in [1.807, 2.05) is 36.5 Å². The third kappa shape index (κ3) is 3.87. The first-order valence-corrected chi connectivity index (χ1v) is 8.44. The number of halogens is 2. The average molecular weight is 349 g/mol. The Morgan fingerprint density at radius 2 is 1.82 bits per heavy atom. The Morgan fingerprint density at radius 3 is 2.59 bits per heavy atom. The summed E-state index contributed by atoms with van der Waals surface area (Å²) in [6, 6.07) is 15.8. The Kier molecular flexibility index (Phi) is 5.11. The van der Waals surface area contributed by atoms with Crippen molar-refractivity contribution in [1.29, 1.82) is 0 Å². The van der Waals surface area contributed by atoms with Gasteiger partial charge in [-0.15, -0.1) is 11.3 Å². The fraction of sp³-hybridized carbons (Fsp3) is 0.118. The lowest BCUT2D eigenvalue weighted by atomic mass is 10.2. The molecule has 2 aromatic carbocycles. The fourth-order valence-electron chi connectivity index (χ4n) is 2.12. The van der Waals surface area contributed by atoms with Crippen LogP contribution in [-0.2, 0) is 13.1 Å². The molecule has 0 aliphatic heterocycles. The van der Waals surface area contributed by atoms with Crippen LogP contribution >= 0.6 is 34.5 Å². The van der Waals surface area contributed by atoms with Crippen molar-refractivity contribution in [2.45, 2.75) is 13.1 Å². The van der Waals surface area contributed by atoms with Crippen molar-refractivity contribution >= 4 is 34.5 Å².